The average molecular weight is 533 g/mol. The number of likely N-dealkylation sites (tertiary alicyclic amines) is 2. The zero-order valence-electron chi connectivity index (χ0n) is 17.7. The third-order valence-corrected chi connectivity index (χ3v) is 6.93. The van der Waals surface area contributed by atoms with Crippen molar-refractivity contribution in [1.29, 1.82) is 0 Å². The largest absolute Gasteiger partial charge is 0.357 e. The highest BCUT2D eigenvalue weighted by molar-refractivity contribution is 14.0. The zero-order chi connectivity index (χ0) is 19.6. The number of rotatable bonds is 8. The Labute approximate surface area is 196 Å². The summed E-state index contributed by atoms with van der Waals surface area (Å²) in [5, 5.41) is 3.44. The van der Waals surface area contributed by atoms with Gasteiger partial charge in [-0.05, 0) is 50.8 Å². The fourth-order valence-corrected chi connectivity index (χ4v) is 5.20. The summed E-state index contributed by atoms with van der Waals surface area (Å²) in [7, 11) is -0.865. The second-order valence-corrected chi connectivity index (χ2v) is 9.55. The second kappa shape index (κ2) is 13.6. The molecule has 29 heavy (non-hydrogen) atoms. The Hall–Kier alpha value is -0.670. The van der Waals surface area contributed by atoms with Gasteiger partial charge in [0.15, 0.2) is 5.96 Å². The highest BCUT2D eigenvalue weighted by Gasteiger charge is 2.26. The van der Waals surface area contributed by atoms with E-state index in [0.29, 0.717) is 18.1 Å². The number of aliphatic imine (C=N–C) groups is 1. The van der Waals surface area contributed by atoms with Crippen molar-refractivity contribution in [3.63, 3.8) is 0 Å². The third kappa shape index (κ3) is 8.53. The first kappa shape index (κ1) is 24.6. The number of benzene rings is 1. The Morgan fingerprint density at radius 3 is 2.66 bits per heavy atom. The first-order valence-electron chi connectivity index (χ1n) is 10.9. The summed E-state index contributed by atoms with van der Waals surface area (Å²) in [5.41, 5.74) is 1.14. The van der Waals surface area contributed by atoms with Gasteiger partial charge < -0.3 is 15.1 Å². The molecule has 0 radical (unpaired) electrons. The van der Waals surface area contributed by atoms with Crippen LogP contribution in [0.3, 0.4) is 0 Å². The predicted molar refractivity (Wildman–Crippen MR) is 135 cm³/mol. The highest BCUT2D eigenvalue weighted by Crippen LogP contribution is 2.20. The van der Waals surface area contributed by atoms with E-state index >= 15 is 0 Å². The minimum Gasteiger partial charge on any atom is -0.357 e. The molecule has 2 unspecified atom stereocenters. The van der Waals surface area contributed by atoms with Gasteiger partial charge in [0.1, 0.15) is 0 Å². The van der Waals surface area contributed by atoms with Crippen LogP contribution in [0.25, 0.3) is 0 Å². The summed E-state index contributed by atoms with van der Waals surface area (Å²) in [6.45, 7) is 9.57. The maximum Gasteiger partial charge on any atom is 0.193 e. The molecule has 5 nitrogen and oxygen atoms in total. The summed E-state index contributed by atoms with van der Waals surface area (Å²) in [6.07, 6.45) is 5.37. The molecule has 2 saturated heterocycles. The lowest BCUT2D eigenvalue weighted by Crippen LogP contribution is -2.41. The molecule has 0 bridgehead atoms. The molecule has 0 amide bonds. The van der Waals surface area contributed by atoms with Crippen molar-refractivity contribution in [3.05, 3.63) is 35.9 Å². The van der Waals surface area contributed by atoms with Crippen molar-refractivity contribution < 1.29 is 4.21 Å². The van der Waals surface area contributed by atoms with Crippen LogP contribution in [-0.2, 0) is 16.6 Å². The number of nitrogens with zero attached hydrogens (tertiary/aromatic N) is 3. The molecule has 7 heteroatoms. The van der Waals surface area contributed by atoms with Gasteiger partial charge in [0.2, 0.25) is 0 Å². The van der Waals surface area contributed by atoms with E-state index in [9.17, 15) is 4.21 Å². The van der Waals surface area contributed by atoms with Crippen LogP contribution in [-0.4, -0.2) is 71.5 Å². The molecule has 0 aromatic heterocycles. The average Bonchev–Trinajstić information content (AvgIpc) is 3.17. The van der Waals surface area contributed by atoms with E-state index in [0.717, 1.165) is 37.1 Å². The molecule has 3 rings (SSSR count). The normalized spacial score (nSPS) is 21.6. The second-order valence-electron chi connectivity index (χ2n) is 7.97. The van der Waals surface area contributed by atoms with E-state index in [1.807, 2.05) is 30.3 Å². The third-order valence-electron chi connectivity index (χ3n) is 5.64. The van der Waals surface area contributed by atoms with Gasteiger partial charge in [-0.25, -0.2) is 0 Å². The van der Waals surface area contributed by atoms with Crippen LogP contribution in [0.1, 0.15) is 38.2 Å². The van der Waals surface area contributed by atoms with Crippen molar-refractivity contribution >= 4 is 40.7 Å². The van der Waals surface area contributed by atoms with Crippen LogP contribution in [0.15, 0.2) is 35.3 Å². The molecule has 2 atom stereocenters. The first-order chi connectivity index (χ1) is 13.7. The molecule has 1 aromatic rings. The number of piperidine rings is 1. The molecular formula is C22H37IN4OS. The molecule has 1 aromatic carbocycles. The van der Waals surface area contributed by atoms with Crippen LogP contribution in [0.4, 0.5) is 0 Å². The van der Waals surface area contributed by atoms with Crippen LogP contribution in [0.2, 0.25) is 0 Å². The van der Waals surface area contributed by atoms with E-state index in [-0.39, 0.29) is 24.0 Å². The Kier molecular flexibility index (Phi) is 11.5. The van der Waals surface area contributed by atoms with E-state index in [4.69, 9.17) is 4.99 Å². The van der Waals surface area contributed by atoms with Crippen LogP contribution < -0.4 is 5.32 Å². The molecule has 0 saturated carbocycles. The Morgan fingerprint density at radius 2 is 1.93 bits per heavy atom. The Morgan fingerprint density at radius 1 is 1.17 bits per heavy atom. The SMILES string of the molecule is CCNC(=NCCS(=O)Cc1ccccc1)N1CCC(CN2CCCCC2)C1.I. The minimum atomic E-state index is -0.865. The van der Waals surface area contributed by atoms with Gasteiger partial charge in [0.05, 0.1) is 6.54 Å². The Bertz CT molecular complexity index is 637. The molecule has 2 heterocycles. The number of guanidine groups is 1. The number of hydrogen-bond acceptors (Lipinski definition) is 3. The summed E-state index contributed by atoms with van der Waals surface area (Å²) in [6, 6.07) is 10.1. The van der Waals surface area contributed by atoms with Gasteiger partial charge in [-0.2, -0.15) is 0 Å². The fourth-order valence-electron chi connectivity index (χ4n) is 4.19. The van der Waals surface area contributed by atoms with Crippen LogP contribution in [0, 0.1) is 5.92 Å². The van der Waals surface area contributed by atoms with Gasteiger partial charge in [-0.1, -0.05) is 36.8 Å². The highest BCUT2D eigenvalue weighted by atomic mass is 127. The van der Waals surface area contributed by atoms with Gasteiger partial charge in [0.25, 0.3) is 0 Å². The number of nitrogens with one attached hydrogen (secondary N) is 1. The van der Waals surface area contributed by atoms with Crippen molar-refractivity contribution in [1.82, 2.24) is 15.1 Å². The summed E-state index contributed by atoms with van der Waals surface area (Å²) in [4.78, 5) is 9.83. The van der Waals surface area contributed by atoms with Crippen molar-refractivity contribution in [3.8, 4) is 0 Å². The summed E-state index contributed by atoms with van der Waals surface area (Å²) < 4.78 is 12.3. The van der Waals surface area contributed by atoms with Crippen molar-refractivity contribution in [2.45, 2.75) is 38.4 Å². The topological polar surface area (TPSA) is 47.9 Å². The smallest absolute Gasteiger partial charge is 0.193 e. The Balaban J connectivity index is 0.00000300. The number of hydrogen-bond donors (Lipinski definition) is 1. The van der Waals surface area contributed by atoms with E-state index < -0.39 is 10.8 Å². The lowest BCUT2D eigenvalue weighted by molar-refractivity contribution is 0.198. The van der Waals surface area contributed by atoms with Crippen LogP contribution in [0.5, 0.6) is 0 Å². The standard InChI is InChI=1S/C22H36N4OS.HI/c1-2-23-22(24-12-16-28(27)19-20-9-5-3-6-10-20)26-15-11-21(18-26)17-25-13-7-4-8-14-25;/h3,5-6,9-10,21H,2,4,7-8,11-19H2,1H3,(H,23,24);1H. The monoisotopic (exact) mass is 532 g/mol. The van der Waals surface area contributed by atoms with Gasteiger partial charge >= 0.3 is 0 Å². The maximum absolute atomic E-state index is 12.3. The molecule has 2 aliphatic rings. The van der Waals surface area contributed by atoms with Gasteiger partial charge in [-0.3, -0.25) is 9.20 Å². The van der Waals surface area contributed by atoms with E-state index in [1.165, 1.54) is 45.3 Å². The first-order valence-corrected chi connectivity index (χ1v) is 12.4. The zero-order valence-corrected chi connectivity index (χ0v) is 20.9. The van der Waals surface area contributed by atoms with Crippen LogP contribution >= 0.6 is 24.0 Å². The summed E-state index contributed by atoms with van der Waals surface area (Å²) in [5.74, 6) is 2.98. The van der Waals surface area contributed by atoms with Crippen molar-refractivity contribution in [2.24, 2.45) is 10.9 Å². The molecule has 0 aliphatic carbocycles. The maximum atomic E-state index is 12.3. The molecule has 1 N–H and O–H groups in total. The molecule has 0 spiro atoms. The van der Waals surface area contributed by atoms with Gasteiger partial charge in [-0.15, -0.1) is 24.0 Å². The lowest BCUT2D eigenvalue weighted by atomic mass is 10.1. The number of halogens is 1. The predicted octanol–water partition coefficient (Wildman–Crippen LogP) is 3.33. The fraction of sp³-hybridized carbons (Fsp3) is 0.682. The van der Waals surface area contributed by atoms with E-state index in [2.05, 4.69) is 22.0 Å². The molecular weight excluding hydrogens is 495 g/mol. The quantitative estimate of drug-likeness (QED) is 0.317. The molecule has 2 aliphatic heterocycles. The van der Waals surface area contributed by atoms with Crippen molar-refractivity contribution in [2.75, 3.05) is 51.6 Å². The van der Waals surface area contributed by atoms with E-state index in [1.54, 1.807) is 0 Å². The summed E-state index contributed by atoms with van der Waals surface area (Å²) >= 11 is 0. The molecule has 2 fully saturated rings. The van der Waals surface area contributed by atoms with Gasteiger partial charge in [0, 0.05) is 48.5 Å². The lowest BCUT2D eigenvalue weighted by Gasteiger charge is -2.29. The molecule has 164 valence electrons. The minimum absolute atomic E-state index is 0.